The number of sulfone groups is 1. The molecule has 148 valence electrons. The van der Waals surface area contributed by atoms with Crippen LogP contribution in [0.3, 0.4) is 0 Å². The monoisotopic (exact) mass is 415 g/mol. The van der Waals surface area contributed by atoms with Crippen LogP contribution in [0, 0.1) is 17.8 Å². The van der Waals surface area contributed by atoms with Gasteiger partial charge in [-0.3, -0.25) is 9.69 Å². The van der Waals surface area contributed by atoms with E-state index in [1.54, 1.807) is 0 Å². The lowest BCUT2D eigenvalue weighted by molar-refractivity contribution is -0.127. The molecule has 1 saturated heterocycles. The molecular formula is C16H31Cl2N3O3S. The highest BCUT2D eigenvalue weighted by Crippen LogP contribution is 2.41. The van der Waals surface area contributed by atoms with Gasteiger partial charge < -0.3 is 11.1 Å². The molecule has 9 heteroatoms. The Morgan fingerprint density at radius 2 is 1.64 bits per heavy atom. The van der Waals surface area contributed by atoms with E-state index in [9.17, 15) is 13.2 Å². The molecule has 3 N–H and O–H groups in total. The third-order valence-electron chi connectivity index (χ3n) is 5.95. The van der Waals surface area contributed by atoms with Crippen LogP contribution in [0.1, 0.15) is 32.1 Å². The van der Waals surface area contributed by atoms with E-state index in [1.165, 1.54) is 19.3 Å². The summed E-state index contributed by atoms with van der Waals surface area (Å²) in [6.07, 6.45) is 5.47. The number of hydrogen-bond donors (Lipinski definition) is 2. The van der Waals surface area contributed by atoms with Crippen LogP contribution in [-0.4, -0.2) is 63.0 Å². The Labute approximate surface area is 163 Å². The second kappa shape index (κ2) is 9.74. The Bertz CT molecular complexity index is 519. The lowest BCUT2D eigenvalue weighted by Gasteiger charge is -2.43. The smallest absolute Gasteiger partial charge is 0.223 e. The lowest BCUT2D eigenvalue weighted by Crippen LogP contribution is -2.50. The van der Waals surface area contributed by atoms with Crippen molar-refractivity contribution in [3.63, 3.8) is 0 Å². The van der Waals surface area contributed by atoms with Crippen molar-refractivity contribution in [1.29, 1.82) is 0 Å². The normalized spacial score (nSPS) is 34.3. The van der Waals surface area contributed by atoms with E-state index >= 15 is 0 Å². The molecule has 2 aliphatic carbocycles. The van der Waals surface area contributed by atoms with E-state index in [0.717, 1.165) is 19.4 Å². The van der Waals surface area contributed by atoms with E-state index < -0.39 is 9.84 Å². The summed E-state index contributed by atoms with van der Waals surface area (Å²) in [5, 5.41) is 3.05. The van der Waals surface area contributed by atoms with Crippen molar-refractivity contribution in [3.05, 3.63) is 0 Å². The first-order valence-corrected chi connectivity index (χ1v) is 10.7. The van der Waals surface area contributed by atoms with Crippen LogP contribution in [-0.2, 0) is 14.6 Å². The molecule has 1 aliphatic heterocycles. The quantitative estimate of drug-likeness (QED) is 0.708. The van der Waals surface area contributed by atoms with Gasteiger partial charge in [-0.2, -0.15) is 0 Å². The van der Waals surface area contributed by atoms with Crippen molar-refractivity contribution in [2.75, 3.05) is 37.7 Å². The maximum absolute atomic E-state index is 12.4. The molecule has 0 aromatic rings. The molecule has 6 nitrogen and oxygen atoms in total. The van der Waals surface area contributed by atoms with Crippen molar-refractivity contribution < 1.29 is 13.2 Å². The zero-order valence-corrected chi connectivity index (χ0v) is 17.0. The third kappa shape index (κ3) is 5.96. The summed E-state index contributed by atoms with van der Waals surface area (Å²) in [6, 6.07) is 0.295. The van der Waals surface area contributed by atoms with Gasteiger partial charge in [0.25, 0.3) is 0 Å². The highest BCUT2D eigenvalue weighted by molar-refractivity contribution is 7.91. The minimum atomic E-state index is -2.83. The number of hydrogen-bond acceptors (Lipinski definition) is 5. The Balaban J connectivity index is 0.00000156. The van der Waals surface area contributed by atoms with Crippen LogP contribution >= 0.6 is 24.8 Å². The van der Waals surface area contributed by atoms with Crippen LogP contribution < -0.4 is 11.1 Å². The number of carbonyl (C=O) groups is 1. The standard InChI is InChI=1S/C16H29N3O3S.2ClH/c17-15-12-2-1-3-13(15)11-14(10-12)16(20)18-4-5-19-6-8-23(21,22)9-7-19;;/h12-15H,1-11,17H2,(H,18,20);2*1H. The fourth-order valence-electron chi connectivity index (χ4n) is 4.46. The Morgan fingerprint density at radius 1 is 1.08 bits per heavy atom. The molecule has 3 aliphatic rings. The predicted octanol–water partition coefficient (Wildman–Crippen LogP) is 0.830. The summed E-state index contributed by atoms with van der Waals surface area (Å²) < 4.78 is 22.8. The van der Waals surface area contributed by atoms with Gasteiger partial charge in [-0.1, -0.05) is 6.42 Å². The minimum Gasteiger partial charge on any atom is -0.355 e. The van der Waals surface area contributed by atoms with Gasteiger partial charge in [0.1, 0.15) is 0 Å². The maximum atomic E-state index is 12.4. The van der Waals surface area contributed by atoms with Crippen molar-refractivity contribution in [1.82, 2.24) is 10.2 Å². The Morgan fingerprint density at radius 3 is 2.20 bits per heavy atom. The molecule has 2 saturated carbocycles. The summed E-state index contributed by atoms with van der Waals surface area (Å²) in [5.74, 6) is 1.80. The molecule has 0 radical (unpaired) electrons. The second-order valence-corrected chi connectivity index (χ2v) is 9.78. The van der Waals surface area contributed by atoms with Crippen molar-refractivity contribution in [2.45, 2.75) is 38.1 Å². The van der Waals surface area contributed by atoms with E-state index in [4.69, 9.17) is 5.73 Å². The molecule has 0 spiro atoms. The summed E-state index contributed by atoms with van der Waals surface area (Å²) in [4.78, 5) is 14.5. The fraction of sp³-hybridized carbons (Fsp3) is 0.938. The van der Waals surface area contributed by atoms with Gasteiger partial charge in [0.05, 0.1) is 11.5 Å². The first-order chi connectivity index (χ1) is 10.9. The Kier molecular flexibility index (Phi) is 8.94. The average Bonchev–Trinajstić information content (AvgIpc) is 2.48. The van der Waals surface area contributed by atoms with Crippen LogP contribution in [0.25, 0.3) is 0 Å². The van der Waals surface area contributed by atoms with E-state index in [2.05, 4.69) is 10.2 Å². The average molecular weight is 416 g/mol. The van der Waals surface area contributed by atoms with Gasteiger partial charge in [-0.05, 0) is 37.5 Å². The summed E-state index contributed by atoms with van der Waals surface area (Å²) in [6.45, 7) is 2.51. The number of nitrogens with two attached hydrogens (primary N) is 1. The largest absolute Gasteiger partial charge is 0.355 e. The van der Waals surface area contributed by atoms with E-state index in [0.29, 0.717) is 37.5 Å². The van der Waals surface area contributed by atoms with Crippen LogP contribution in [0.15, 0.2) is 0 Å². The van der Waals surface area contributed by atoms with Gasteiger partial charge in [-0.15, -0.1) is 24.8 Å². The van der Waals surface area contributed by atoms with Crippen molar-refractivity contribution in [3.8, 4) is 0 Å². The molecule has 25 heavy (non-hydrogen) atoms. The van der Waals surface area contributed by atoms with Crippen molar-refractivity contribution in [2.24, 2.45) is 23.5 Å². The summed E-state index contributed by atoms with van der Waals surface area (Å²) >= 11 is 0. The molecule has 3 fully saturated rings. The summed E-state index contributed by atoms with van der Waals surface area (Å²) in [5.41, 5.74) is 6.28. The molecule has 0 aromatic heterocycles. The molecule has 0 aromatic carbocycles. The molecule has 1 heterocycles. The fourth-order valence-corrected chi connectivity index (χ4v) is 5.74. The molecule has 2 atom stereocenters. The van der Waals surface area contributed by atoms with Crippen LogP contribution in [0.5, 0.6) is 0 Å². The zero-order valence-electron chi connectivity index (χ0n) is 14.6. The van der Waals surface area contributed by atoms with Crippen molar-refractivity contribution >= 4 is 40.6 Å². The number of rotatable bonds is 4. The number of nitrogens with one attached hydrogen (secondary N) is 1. The van der Waals surface area contributed by atoms with E-state index in [-0.39, 0.29) is 48.1 Å². The lowest BCUT2D eigenvalue weighted by atomic mass is 9.65. The number of nitrogens with zero attached hydrogens (tertiary/aromatic N) is 1. The number of halogens is 2. The summed E-state index contributed by atoms with van der Waals surface area (Å²) in [7, 11) is -2.83. The molecule has 2 bridgehead atoms. The number of amides is 1. The molecule has 3 rings (SSSR count). The van der Waals surface area contributed by atoms with Gasteiger partial charge in [-0.25, -0.2) is 8.42 Å². The van der Waals surface area contributed by atoms with Gasteiger partial charge in [0.2, 0.25) is 5.91 Å². The molecule has 1 amide bonds. The first-order valence-electron chi connectivity index (χ1n) is 8.91. The SMILES string of the molecule is Cl.Cl.NC1C2CCCC1CC(C(=O)NCCN1CCS(=O)(=O)CC1)C2. The van der Waals surface area contributed by atoms with Gasteiger partial charge in [0.15, 0.2) is 9.84 Å². The molecule has 2 unspecified atom stereocenters. The predicted molar refractivity (Wildman–Crippen MR) is 104 cm³/mol. The third-order valence-corrected chi connectivity index (χ3v) is 7.56. The maximum Gasteiger partial charge on any atom is 0.223 e. The van der Waals surface area contributed by atoms with E-state index in [1.807, 2.05) is 0 Å². The number of fused-ring (bicyclic) bond motifs is 2. The highest BCUT2D eigenvalue weighted by Gasteiger charge is 2.40. The Hall–Kier alpha value is -0.0800. The second-order valence-electron chi connectivity index (χ2n) is 7.48. The first kappa shape index (κ1) is 23.0. The van der Waals surface area contributed by atoms with Gasteiger partial charge >= 0.3 is 0 Å². The van der Waals surface area contributed by atoms with Crippen LogP contribution in [0.2, 0.25) is 0 Å². The topological polar surface area (TPSA) is 92.5 Å². The van der Waals surface area contributed by atoms with Crippen LogP contribution in [0.4, 0.5) is 0 Å². The number of carbonyl (C=O) groups excluding carboxylic acids is 1. The minimum absolute atomic E-state index is 0. The molecular weight excluding hydrogens is 385 g/mol. The van der Waals surface area contributed by atoms with Gasteiger partial charge in [0, 0.05) is 38.1 Å². The highest BCUT2D eigenvalue weighted by atomic mass is 35.5. The zero-order chi connectivity index (χ0) is 16.4.